The molecule has 1 aliphatic rings. The first-order valence-electron chi connectivity index (χ1n) is 9.83. The van der Waals surface area contributed by atoms with Gasteiger partial charge in [0.25, 0.3) is 0 Å². The van der Waals surface area contributed by atoms with Crippen LogP contribution in [0.4, 0.5) is 0 Å². The molecule has 0 aliphatic carbocycles. The quantitative estimate of drug-likeness (QED) is 0.284. The molecule has 7 heteroatoms. The van der Waals surface area contributed by atoms with Gasteiger partial charge in [0.2, 0.25) is 0 Å². The third-order valence-electron chi connectivity index (χ3n) is 4.50. The van der Waals surface area contributed by atoms with Gasteiger partial charge < -0.3 is 29.9 Å². The summed E-state index contributed by atoms with van der Waals surface area (Å²) >= 11 is 0. The van der Waals surface area contributed by atoms with E-state index in [2.05, 4.69) is 6.92 Å². The number of aliphatic hydroxyl groups excluding tert-OH is 4. The lowest BCUT2D eigenvalue weighted by Crippen LogP contribution is -2.43. The summed E-state index contributed by atoms with van der Waals surface area (Å²) in [7, 11) is 1.00. The molecule has 26 heavy (non-hydrogen) atoms. The van der Waals surface area contributed by atoms with E-state index in [-0.39, 0.29) is 6.61 Å². The molecule has 0 radical (unpaired) electrons. The van der Waals surface area contributed by atoms with Gasteiger partial charge in [0.15, 0.2) is 6.10 Å². The number of hydrogen-bond acceptors (Lipinski definition) is 7. The maximum atomic E-state index is 11.8. The molecule has 1 saturated heterocycles. The summed E-state index contributed by atoms with van der Waals surface area (Å²) in [6.45, 7) is 1.76. The molecule has 1 fully saturated rings. The Kier molecular flexibility index (Phi) is 16.0. The highest BCUT2D eigenvalue weighted by Gasteiger charge is 2.41. The molecule has 0 aromatic carbocycles. The molecule has 1 aliphatic heterocycles. The molecule has 1 rings (SSSR count). The van der Waals surface area contributed by atoms with Crippen molar-refractivity contribution < 1.29 is 34.7 Å². The summed E-state index contributed by atoms with van der Waals surface area (Å²) in [5.74, 6) is -0.394. The van der Waals surface area contributed by atoms with Gasteiger partial charge in [-0.1, -0.05) is 58.3 Å². The third-order valence-corrected chi connectivity index (χ3v) is 4.50. The van der Waals surface area contributed by atoms with Crippen molar-refractivity contribution in [1.29, 1.82) is 0 Å². The van der Waals surface area contributed by atoms with Crippen molar-refractivity contribution in [1.82, 2.24) is 0 Å². The van der Waals surface area contributed by atoms with Gasteiger partial charge in [0.1, 0.15) is 18.3 Å². The Morgan fingerprint density at radius 1 is 1.04 bits per heavy atom. The lowest BCUT2D eigenvalue weighted by atomic mass is 10.1. The van der Waals surface area contributed by atoms with Crippen LogP contribution in [0.1, 0.15) is 71.1 Å². The van der Waals surface area contributed by atoms with Gasteiger partial charge in [-0.15, -0.1) is 0 Å². The Morgan fingerprint density at radius 3 is 2.04 bits per heavy atom. The van der Waals surface area contributed by atoms with Crippen molar-refractivity contribution in [2.45, 2.75) is 95.5 Å². The number of carbonyl (C=O) groups is 1. The number of carbonyl (C=O) groups excluding carboxylic acids is 1. The highest BCUT2D eigenvalue weighted by Crippen LogP contribution is 2.20. The minimum atomic E-state index is -1.14. The molecule has 1 heterocycles. The van der Waals surface area contributed by atoms with Crippen LogP contribution in [0.25, 0.3) is 0 Å². The zero-order chi connectivity index (χ0) is 19.8. The smallest absolute Gasteiger partial charge is 0.306 e. The minimum absolute atomic E-state index is 0.0157. The first kappa shape index (κ1) is 25.3. The lowest BCUT2D eigenvalue weighted by molar-refractivity contribution is -0.162. The van der Waals surface area contributed by atoms with E-state index in [9.17, 15) is 20.1 Å². The van der Waals surface area contributed by atoms with E-state index in [0.717, 1.165) is 26.4 Å². The molecule has 4 atom stereocenters. The molecule has 0 amide bonds. The summed E-state index contributed by atoms with van der Waals surface area (Å²) in [4.78, 5) is 11.8. The molecule has 0 bridgehead atoms. The maximum absolute atomic E-state index is 11.8. The maximum Gasteiger partial charge on any atom is 0.306 e. The Labute approximate surface area is 157 Å². The number of esters is 1. The monoisotopic (exact) mass is 378 g/mol. The summed E-state index contributed by atoms with van der Waals surface area (Å²) in [6, 6.07) is 0. The zero-order valence-corrected chi connectivity index (χ0v) is 16.3. The van der Waals surface area contributed by atoms with E-state index in [1.54, 1.807) is 0 Å². The fraction of sp³-hybridized carbons (Fsp3) is 0.947. The van der Waals surface area contributed by atoms with Crippen LogP contribution in [0.3, 0.4) is 0 Å². The van der Waals surface area contributed by atoms with Crippen LogP contribution in [-0.2, 0) is 14.3 Å². The number of rotatable bonds is 13. The van der Waals surface area contributed by atoms with Crippen molar-refractivity contribution >= 4 is 5.97 Å². The molecular formula is C19H38O7. The van der Waals surface area contributed by atoms with Crippen LogP contribution in [-0.4, -0.2) is 71.1 Å². The van der Waals surface area contributed by atoms with Gasteiger partial charge in [0, 0.05) is 13.5 Å². The molecule has 0 spiro atoms. The molecule has 0 unspecified atom stereocenters. The first-order chi connectivity index (χ1) is 12.6. The van der Waals surface area contributed by atoms with E-state index < -0.39 is 37.0 Å². The molecule has 4 N–H and O–H groups in total. The topological polar surface area (TPSA) is 116 Å². The highest BCUT2D eigenvalue weighted by atomic mass is 16.6. The predicted octanol–water partition coefficient (Wildman–Crippen LogP) is 1.54. The Morgan fingerprint density at radius 2 is 1.58 bits per heavy atom. The van der Waals surface area contributed by atoms with E-state index >= 15 is 0 Å². The Bertz CT molecular complexity index is 338. The predicted molar refractivity (Wildman–Crippen MR) is 98.7 cm³/mol. The molecule has 0 saturated carbocycles. The zero-order valence-electron chi connectivity index (χ0n) is 16.3. The Hall–Kier alpha value is -0.730. The molecule has 0 aromatic heterocycles. The van der Waals surface area contributed by atoms with Gasteiger partial charge in [0.05, 0.1) is 13.2 Å². The van der Waals surface area contributed by atoms with Crippen molar-refractivity contribution in [2.75, 3.05) is 20.3 Å². The minimum Gasteiger partial charge on any atom is -0.457 e. The average molecular weight is 379 g/mol. The van der Waals surface area contributed by atoms with Gasteiger partial charge >= 0.3 is 5.97 Å². The van der Waals surface area contributed by atoms with Crippen molar-refractivity contribution in [3.8, 4) is 0 Å². The fourth-order valence-electron chi connectivity index (χ4n) is 2.97. The van der Waals surface area contributed by atoms with E-state index in [4.69, 9.17) is 14.6 Å². The van der Waals surface area contributed by atoms with Crippen LogP contribution >= 0.6 is 0 Å². The highest BCUT2D eigenvalue weighted by molar-refractivity contribution is 5.69. The van der Waals surface area contributed by atoms with Crippen molar-refractivity contribution in [3.63, 3.8) is 0 Å². The second kappa shape index (κ2) is 16.4. The third kappa shape index (κ3) is 10.4. The number of unbranched alkanes of at least 4 members (excludes halogenated alkanes) is 8. The van der Waals surface area contributed by atoms with E-state index in [0.29, 0.717) is 6.42 Å². The molecule has 7 nitrogen and oxygen atoms in total. The van der Waals surface area contributed by atoms with Crippen LogP contribution in [0.15, 0.2) is 0 Å². The van der Waals surface area contributed by atoms with E-state index in [1.807, 2.05) is 0 Å². The van der Waals surface area contributed by atoms with Gasteiger partial charge in [-0.3, -0.25) is 4.79 Å². The summed E-state index contributed by atoms with van der Waals surface area (Å²) in [6.07, 6.45) is 6.91. The van der Waals surface area contributed by atoms with Crippen molar-refractivity contribution in [2.24, 2.45) is 0 Å². The average Bonchev–Trinajstić information content (AvgIpc) is 2.99. The number of aliphatic hydroxyl groups is 4. The normalized spacial score (nSPS) is 23.2. The van der Waals surface area contributed by atoms with Crippen LogP contribution < -0.4 is 0 Å². The van der Waals surface area contributed by atoms with Gasteiger partial charge in [-0.05, 0) is 6.42 Å². The first-order valence-corrected chi connectivity index (χ1v) is 9.83. The second-order valence-corrected chi connectivity index (χ2v) is 6.65. The fourth-order valence-corrected chi connectivity index (χ4v) is 2.97. The van der Waals surface area contributed by atoms with Crippen LogP contribution in [0, 0.1) is 0 Å². The van der Waals surface area contributed by atoms with Crippen LogP contribution in [0.2, 0.25) is 0 Å². The number of ether oxygens (including phenoxy) is 2. The molecule has 0 aromatic rings. The van der Waals surface area contributed by atoms with Crippen molar-refractivity contribution in [3.05, 3.63) is 0 Å². The van der Waals surface area contributed by atoms with E-state index in [1.165, 1.54) is 38.5 Å². The SMILES string of the molecule is CCCCCCCCCCCC(=O)O[C@H](CO)[C@H]1OC[C@H](O)[C@H]1O.CO. The summed E-state index contributed by atoms with van der Waals surface area (Å²) in [5.41, 5.74) is 0. The summed E-state index contributed by atoms with van der Waals surface area (Å²) < 4.78 is 10.4. The van der Waals surface area contributed by atoms with Gasteiger partial charge in [-0.2, -0.15) is 0 Å². The molecule has 156 valence electrons. The molecular weight excluding hydrogens is 340 g/mol. The Balaban J connectivity index is 0.00000301. The van der Waals surface area contributed by atoms with Crippen LogP contribution in [0.5, 0.6) is 0 Å². The standard InChI is InChI=1S/C18H34O6.CH4O/c1-2-3-4-5-6-7-8-9-10-11-16(21)24-15(12-19)18-17(22)14(20)13-23-18;1-2/h14-15,17-20,22H,2-13H2,1H3;2H,1H3/t14-,15+,17+,18+;/m0./s1. The lowest BCUT2D eigenvalue weighted by Gasteiger charge is -2.24. The largest absolute Gasteiger partial charge is 0.457 e. The van der Waals surface area contributed by atoms with Gasteiger partial charge in [-0.25, -0.2) is 0 Å². The second-order valence-electron chi connectivity index (χ2n) is 6.65. The summed E-state index contributed by atoms with van der Waals surface area (Å²) in [5, 5.41) is 35.5. The number of hydrogen-bond donors (Lipinski definition) is 4.